The average Bonchev–Trinajstić information content (AvgIpc) is 2.55. The molecule has 0 unspecified atom stereocenters. The number of thiol groups is 1. The van der Waals surface area contributed by atoms with Gasteiger partial charge in [0.15, 0.2) is 0 Å². The third-order valence-electron chi connectivity index (χ3n) is 2.20. The van der Waals surface area contributed by atoms with Crippen LogP contribution in [0.1, 0.15) is 32.6 Å². The van der Waals surface area contributed by atoms with E-state index in [1.54, 1.807) is 6.08 Å². The Bertz CT molecular complexity index is 195. The summed E-state index contributed by atoms with van der Waals surface area (Å²) in [5.74, 6) is -0.0345. The number of rotatable bonds is 2. The van der Waals surface area contributed by atoms with Gasteiger partial charge in [0.25, 0.3) is 5.91 Å². The van der Waals surface area contributed by atoms with Crippen LogP contribution in [0.5, 0.6) is 0 Å². The van der Waals surface area contributed by atoms with Crippen molar-refractivity contribution in [1.82, 2.24) is 5.32 Å². The highest BCUT2D eigenvalue weighted by Crippen LogP contribution is 2.18. The lowest BCUT2D eigenvalue weighted by Crippen LogP contribution is -2.32. The monoisotopic (exact) mass is 185 g/mol. The third-order valence-corrected chi connectivity index (χ3v) is 2.66. The molecule has 68 valence electrons. The lowest BCUT2D eigenvalue weighted by Gasteiger charge is -2.10. The van der Waals surface area contributed by atoms with Crippen LogP contribution in [0.25, 0.3) is 0 Å². The number of amides is 1. The van der Waals surface area contributed by atoms with E-state index < -0.39 is 0 Å². The standard InChI is InChI=1S/C9H15NOS/c1-2-8(12)9(11)10-7-5-3-4-6-7/h2,7,12H,3-6H2,1H3,(H,10,11)/b8-2-. The normalized spacial score (nSPS) is 19.7. The molecule has 1 N–H and O–H groups in total. The van der Waals surface area contributed by atoms with Crippen LogP contribution in [0.15, 0.2) is 11.0 Å². The highest BCUT2D eigenvalue weighted by Gasteiger charge is 2.17. The molecule has 0 radical (unpaired) electrons. The molecule has 12 heavy (non-hydrogen) atoms. The van der Waals surface area contributed by atoms with Crippen LogP contribution in [0.2, 0.25) is 0 Å². The van der Waals surface area contributed by atoms with Crippen molar-refractivity contribution < 1.29 is 4.79 Å². The minimum absolute atomic E-state index is 0.0345. The summed E-state index contributed by atoms with van der Waals surface area (Å²) < 4.78 is 0. The van der Waals surface area contributed by atoms with Gasteiger partial charge < -0.3 is 5.32 Å². The van der Waals surface area contributed by atoms with Crippen molar-refractivity contribution in [1.29, 1.82) is 0 Å². The summed E-state index contributed by atoms with van der Waals surface area (Å²) in [4.78, 5) is 11.8. The lowest BCUT2D eigenvalue weighted by atomic mass is 10.2. The lowest BCUT2D eigenvalue weighted by molar-refractivity contribution is -0.117. The minimum Gasteiger partial charge on any atom is -0.349 e. The topological polar surface area (TPSA) is 29.1 Å². The molecule has 1 fully saturated rings. The zero-order valence-electron chi connectivity index (χ0n) is 7.34. The maximum absolute atomic E-state index is 11.3. The van der Waals surface area contributed by atoms with E-state index in [2.05, 4.69) is 17.9 Å². The van der Waals surface area contributed by atoms with E-state index in [0.717, 1.165) is 12.8 Å². The van der Waals surface area contributed by atoms with E-state index in [1.165, 1.54) is 12.8 Å². The summed E-state index contributed by atoms with van der Waals surface area (Å²) in [5.41, 5.74) is 0. The predicted octanol–water partition coefficient (Wildman–Crippen LogP) is 1.88. The average molecular weight is 185 g/mol. The Labute approximate surface area is 78.8 Å². The van der Waals surface area contributed by atoms with Crippen molar-refractivity contribution in [3.63, 3.8) is 0 Å². The molecule has 3 heteroatoms. The molecule has 1 amide bonds. The van der Waals surface area contributed by atoms with Gasteiger partial charge in [-0.1, -0.05) is 18.9 Å². The maximum atomic E-state index is 11.3. The molecule has 0 spiro atoms. The molecule has 0 saturated heterocycles. The molecule has 0 atom stereocenters. The fraction of sp³-hybridized carbons (Fsp3) is 0.667. The number of allylic oxidation sites excluding steroid dienone is 1. The molecule has 2 nitrogen and oxygen atoms in total. The molecule has 1 aliphatic carbocycles. The Morgan fingerprint density at radius 1 is 1.50 bits per heavy atom. The first-order valence-corrected chi connectivity index (χ1v) is 4.85. The zero-order chi connectivity index (χ0) is 8.97. The van der Waals surface area contributed by atoms with Gasteiger partial charge >= 0.3 is 0 Å². The van der Waals surface area contributed by atoms with Crippen LogP contribution in [-0.4, -0.2) is 11.9 Å². The Hall–Kier alpha value is -0.440. The Kier molecular flexibility index (Phi) is 3.66. The second-order valence-electron chi connectivity index (χ2n) is 3.13. The van der Waals surface area contributed by atoms with E-state index in [9.17, 15) is 4.79 Å². The highest BCUT2D eigenvalue weighted by atomic mass is 32.1. The van der Waals surface area contributed by atoms with E-state index in [4.69, 9.17) is 0 Å². The Morgan fingerprint density at radius 2 is 2.08 bits per heavy atom. The summed E-state index contributed by atoms with van der Waals surface area (Å²) in [7, 11) is 0. The zero-order valence-corrected chi connectivity index (χ0v) is 8.23. The first kappa shape index (κ1) is 9.65. The summed E-state index contributed by atoms with van der Waals surface area (Å²) >= 11 is 4.05. The molecule has 0 aromatic rings. The second kappa shape index (κ2) is 4.55. The van der Waals surface area contributed by atoms with Crippen molar-refractivity contribution in [3.8, 4) is 0 Å². The van der Waals surface area contributed by atoms with Gasteiger partial charge in [0.2, 0.25) is 0 Å². The van der Waals surface area contributed by atoms with E-state index in [-0.39, 0.29) is 5.91 Å². The van der Waals surface area contributed by atoms with Gasteiger partial charge in [-0.3, -0.25) is 4.79 Å². The SMILES string of the molecule is C/C=C(\S)C(=O)NC1CCCC1. The highest BCUT2D eigenvalue weighted by molar-refractivity contribution is 7.85. The summed E-state index contributed by atoms with van der Waals surface area (Å²) in [6.07, 6.45) is 6.44. The number of carbonyl (C=O) groups excluding carboxylic acids is 1. The van der Waals surface area contributed by atoms with Crippen LogP contribution in [-0.2, 0) is 4.79 Å². The number of hydrogen-bond donors (Lipinski definition) is 2. The maximum Gasteiger partial charge on any atom is 0.257 e. The molecule has 0 aromatic carbocycles. The van der Waals surface area contributed by atoms with Crippen LogP contribution >= 0.6 is 12.6 Å². The number of hydrogen-bond acceptors (Lipinski definition) is 2. The van der Waals surface area contributed by atoms with Gasteiger partial charge in [-0.15, -0.1) is 12.6 Å². The fourth-order valence-electron chi connectivity index (χ4n) is 1.46. The first-order valence-electron chi connectivity index (χ1n) is 4.40. The van der Waals surface area contributed by atoms with Gasteiger partial charge in [0.05, 0.1) is 4.91 Å². The van der Waals surface area contributed by atoms with Crippen LogP contribution in [0, 0.1) is 0 Å². The van der Waals surface area contributed by atoms with Crippen molar-refractivity contribution in [2.75, 3.05) is 0 Å². The molecular formula is C9H15NOS. The predicted molar refractivity (Wildman–Crippen MR) is 53.1 cm³/mol. The van der Waals surface area contributed by atoms with Gasteiger partial charge in [0.1, 0.15) is 0 Å². The summed E-state index contributed by atoms with van der Waals surface area (Å²) in [6.45, 7) is 1.82. The Morgan fingerprint density at radius 3 is 2.58 bits per heavy atom. The van der Waals surface area contributed by atoms with Gasteiger partial charge in [-0.2, -0.15) is 0 Å². The van der Waals surface area contributed by atoms with E-state index in [1.807, 2.05) is 6.92 Å². The largest absolute Gasteiger partial charge is 0.349 e. The second-order valence-corrected chi connectivity index (χ2v) is 3.61. The van der Waals surface area contributed by atoms with Crippen LogP contribution in [0.4, 0.5) is 0 Å². The number of carbonyl (C=O) groups is 1. The third kappa shape index (κ3) is 2.55. The Balaban J connectivity index is 2.35. The molecule has 1 rings (SSSR count). The molecule has 1 aliphatic rings. The van der Waals surface area contributed by atoms with Crippen LogP contribution < -0.4 is 5.32 Å². The molecule has 0 bridgehead atoms. The van der Waals surface area contributed by atoms with Crippen molar-refractivity contribution in [2.45, 2.75) is 38.6 Å². The van der Waals surface area contributed by atoms with Gasteiger partial charge in [-0.05, 0) is 19.8 Å². The summed E-state index contributed by atoms with van der Waals surface area (Å²) in [6, 6.07) is 0.389. The van der Waals surface area contributed by atoms with Crippen LogP contribution in [0.3, 0.4) is 0 Å². The van der Waals surface area contributed by atoms with Crippen molar-refractivity contribution in [3.05, 3.63) is 11.0 Å². The van der Waals surface area contributed by atoms with Crippen molar-refractivity contribution in [2.24, 2.45) is 0 Å². The quantitative estimate of drug-likeness (QED) is 0.499. The molecular weight excluding hydrogens is 170 g/mol. The van der Waals surface area contributed by atoms with Gasteiger partial charge in [0, 0.05) is 6.04 Å². The molecule has 1 saturated carbocycles. The molecule has 0 aromatic heterocycles. The molecule has 0 heterocycles. The first-order chi connectivity index (χ1) is 5.74. The van der Waals surface area contributed by atoms with Crippen molar-refractivity contribution >= 4 is 18.5 Å². The minimum atomic E-state index is -0.0345. The van der Waals surface area contributed by atoms with Gasteiger partial charge in [-0.25, -0.2) is 0 Å². The fourth-order valence-corrected chi connectivity index (χ4v) is 1.53. The smallest absolute Gasteiger partial charge is 0.257 e. The van der Waals surface area contributed by atoms with E-state index in [0.29, 0.717) is 10.9 Å². The molecule has 0 aliphatic heterocycles. The van der Waals surface area contributed by atoms with E-state index >= 15 is 0 Å². The summed E-state index contributed by atoms with van der Waals surface area (Å²) in [5, 5.41) is 2.95. The number of nitrogens with one attached hydrogen (secondary N) is 1.